The lowest BCUT2D eigenvalue weighted by molar-refractivity contribution is 0.745. The van der Waals surface area contributed by atoms with E-state index in [-0.39, 0.29) is 11.5 Å². The molecule has 0 atom stereocenters. The van der Waals surface area contributed by atoms with Gasteiger partial charge >= 0.3 is 0 Å². The summed E-state index contributed by atoms with van der Waals surface area (Å²) in [6.07, 6.45) is 5.62. The highest BCUT2D eigenvalue weighted by Crippen LogP contribution is 2.29. The van der Waals surface area contributed by atoms with Gasteiger partial charge in [-0.25, -0.2) is 15.0 Å². The van der Waals surface area contributed by atoms with Crippen LogP contribution in [0.1, 0.15) is 32.4 Å². The minimum absolute atomic E-state index is 0.113. The highest BCUT2D eigenvalue weighted by atomic mass is 16.1. The Hall–Kier alpha value is -3.94. The van der Waals surface area contributed by atoms with Gasteiger partial charge in [-0.3, -0.25) is 4.79 Å². The molecule has 8 heteroatoms. The molecule has 4 aromatic rings. The molecule has 0 saturated carbocycles. The van der Waals surface area contributed by atoms with Crippen LogP contribution in [0.4, 0.5) is 23.1 Å². The van der Waals surface area contributed by atoms with E-state index in [1.807, 2.05) is 31.2 Å². The first-order valence-electron chi connectivity index (χ1n) is 11.6. The van der Waals surface area contributed by atoms with Crippen molar-refractivity contribution >= 4 is 33.9 Å². The molecular formula is C26H31N7O. The standard InChI is InChI=1S/C26H31N7O/c1-5-12-33(13-6-2)20-9-7-19(8-10-20)30-24-23-18(11-14-32(4)25(23)34)15-22(31-24)21-16-28-26(27)29-17(21)3/h7-11,14-16H,5-6,12-13H2,1-4H3,(H,30,31)(H2,27,28,29). The van der Waals surface area contributed by atoms with Crippen molar-refractivity contribution in [3.63, 3.8) is 0 Å². The number of pyridine rings is 2. The Morgan fingerprint density at radius 2 is 1.76 bits per heavy atom. The summed E-state index contributed by atoms with van der Waals surface area (Å²) in [7, 11) is 1.74. The molecule has 4 rings (SSSR count). The second-order valence-electron chi connectivity index (χ2n) is 8.44. The second kappa shape index (κ2) is 9.91. The van der Waals surface area contributed by atoms with Gasteiger partial charge in [0.25, 0.3) is 5.56 Å². The fourth-order valence-corrected chi connectivity index (χ4v) is 4.12. The topological polar surface area (TPSA) is 102 Å². The number of anilines is 4. The van der Waals surface area contributed by atoms with Crippen LogP contribution in [0.3, 0.4) is 0 Å². The average Bonchev–Trinajstić information content (AvgIpc) is 2.81. The summed E-state index contributed by atoms with van der Waals surface area (Å²) in [5.41, 5.74) is 9.84. The van der Waals surface area contributed by atoms with Gasteiger partial charge in [0.2, 0.25) is 5.95 Å². The fraction of sp³-hybridized carbons (Fsp3) is 0.308. The van der Waals surface area contributed by atoms with E-state index in [1.54, 1.807) is 24.0 Å². The molecule has 0 radical (unpaired) electrons. The fourth-order valence-electron chi connectivity index (χ4n) is 4.12. The van der Waals surface area contributed by atoms with Crippen molar-refractivity contribution in [2.45, 2.75) is 33.6 Å². The second-order valence-corrected chi connectivity index (χ2v) is 8.44. The van der Waals surface area contributed by atoms with Gasteiger partial charge < -0.3 is 20.5 Å². The van der Waals surface area contributed by atoms with E-state index in [0.29, 0.717) is 16.9 Å². The number of aromatic nitrogens is 4. The van der Waals surface area contributed by atoms with E-state index in [4.69, 9.17) is 10.7 Å². The number of aryl methyl sites for hydroxylation is 2. The van der Waals surface area contributed by atoms with Gasteiger partial charge in [0.05, 0.1) is 16.8 Å². The maximum Gasteiger partial charge on any atom is 0.261 e. The van der Waals surface area contributed by atoms with E-state index >= 15 is 0 Å². The summed E-state index contributed by atoms with van der Waals surface area (Å²) < 4.78 is 1.56. The van der Waals surface area contributed by atoms with Crippen LogP contribution in [0, 0.1) is 6.92 Å². The molecule has 0 bridgehead atoms. The smallest absolute Gasteiger partial charge is 0.261 e. The molecular weight excluding hydrogens is 426 g/mol. The number of hydrogen-bond acceptors (Lipinski definition) is 7. The van der Waals surface area contributed by atoms with Gasteiger partial charge in [0.15, 0.2) is 0 Å². The third kappa shape index (κ3) is 4.71. The van der Waals surface area contributed by atoms with Crippen molar-refractivity contribution < 1.29 is 0 Å². The van der Waals surface area contributed by atoms with E-state index in [1.165, 1.54) is 5.69 Å². The Labute approximate surface area is 199 Å². The quantitative estimate of drug-likeness (QED) is 0.397. The summed E-state index contributed by atoms with van der Waals surface area (Å²) in [5, 5.41) is 4.70. The van der Waals surface area contributed by atoms with E-state index in [2.05, 4.69) is 46.2 Å². The van der Waals surface area contributed by atoms with Crippen LogP contribution >= 0.6 is 0 Å². The maximum absolute atomic E-state index is 13.0. The van der Waals surface area contributed by atoms with Crippen molar-refractivity contribution in [1.29, 1.82) is 0 Å². The minimum atomic E-state index is -0.113. The first-order chi connectivity index (χ1) is 16.4. The Balaban J connectivity index is 1.78. The number of nitrogen functional groups attached to an aromatic ring is 1. The molecule has 0 aliphatic rings. The molecule has 0 saturated heterocycles. The van der Waals surface area contributed by atoms with Gasteiger partial charge in [-0.05, 0) is 61.5 Å². The van der Waals surface area contributed by atoms with E-state index in [9.17, 15) is 4.79 Å². The number of nitrogens with one attached hydrogen (secondary N) is 1. The lowest BCUT2D eigenvalue weighted by Crippen LogP contribution is -2.24. The molecule has 0 unspecified atom stereocenters. The Morgan fingerprint density at radius 1 is 1.06 bits per heavy atom. The number of benzene rings is 1. The normalized spacial score (nSPS) is 11.1. The summed E-state index contributed by atoms with van der Waals surface area (Å²) in [6.45, 7) is 8.29. The molecule has 176 valence electrons. The Kier molecular flexibility index (Phi) is 6.77. The number of fused-ring (bicyclic) bond motifs is 1. The molecule has 0 spiro atoms. The molecule has 1 aromatic carbocycles. The predicted octanol–water partition coefficient (Wildman–Crippen LogP) is 4.65. The monoisotopic (exact) mass is 457 g/mol. The summed E-state index contributed by atoms with van der Waals surface area (Å²) in [5.74, 6) is 0.714. The number of hydrogen-bond donors (Lipinski definition) is 2. The number of nitrogens with zero attached hydrogens (tertiary/aromatic N) is 5. The Morgan fingerprint density at radius 3 is 2.41 bits per heavy atom. The van der Waals surface area contributed by atoms with Gasteiger partial charge in [-0.15, -0.1) is 0 Å². The Bertz CT molecular complexity index is 1360. The first-order valence-corrected chi connectivity index (χ1v) is 11.6. The maximum atomic E-state index is 13.0. The van der Waals surface area contributed by atoms with Crippen molar-refractivity contribution in [2.75, 3.05) is 29.0 Å². The molecule has 0 fully saturated rings. The van der Waals surface area contributed by atoms with Crippen LogP contribution < -0.4 is 21.5 Å². The lowest BCUT2D eigenvalue weighted by atomic mass is 10.1. The summed E-state index contributed by atoms with van der Waals surface area (Å²) in [4.78, 5) is 28.6. The van der Waals surface area contributed by atoms with Crippen LogP contribution in [0.5, 0.6) is 0 Å². The summed E-state index contributed by atoms with van der Waals surface area (Å²) >= 11 is 0. The zero-order chi connectivity index (χ0) is 24.2. The van der Waals surface area contributed by atoms with Crippen LogP contribution in [-0.4, -0.2) is 32.6 Å². The average molecular weight is 458 g/mol. The zero-order valence-corrected chi connectivity index (χ0v) is 20.2. The molecule has 3 heterocycles. The molecule has 0 amide bonds. The van der Waals surface area contributed by atoms with Crippen LogP contribution in [0.2, 0.25) is 0 Å². The summed E-state index contributed by atoms with van der Waals surface area (Å²) in [6, 6.07) is 12.1. The number of nitrogens with two attached hydrogens (primary N) is 1. The van der Waals surface area contributed by atoms with Crippen LogP contribution in [0.15, 0.2) is 53.6 Å². The van der Waals surface area contributed by atoms with E-state index < -0.39 is 0 Å². The zero-order valence-electron chi connectivity index (χ0n) is 20.2. The van der Waals surface area contributed by atoms with Crippen molar-refractivity contribution in [1.82, 2.24) is 19.5 Å². The van der Waals surface area contributed by atoms with Crippen molar-refractivity contribution in [3.05, 3.63) is 64.8 Å². The SMILES string of the molecule is CCCN(CCC)c1ccc(Nc2nc(-c3cnc(N)nc3C)cc3ccn(C)c(=O)c23)cc1. The highest BCUT2D eigenvalue weighted by molar-refractivity contribution is 5.95. The minimum Gasteiger partial charge on any atom is -0.372 e. The lowest BCUT2D eigenvalue weighted by Gasteiger charge is -2.24. The van der Waals surface area contributed by atoms with Crippen molar-refractivity contribution in [2.24, 2.45) is 7.05 Å². The molecule has 8 nitrogen and oxygen atoms in total. The van der Waals surface area contributed by atoms with Crippen LogP contribution in [0.25, 0.3) is 22.0 Å². The predicted molar refractivity (Wildman–Crippen MR) is 140 cm³/mol. The number of rotatable bonds is 8. The third-order valence-corrected chi connectivity index (χ3v) is 5.82. The molecule has 0 aliphatic heterocycles. The van der Waals surface area contributed by atoms with Gasteiger partial charge in [0, 0.05) is 49.5 Å². The van der Waals surface area contributed by atoms with Gasteiger partial charge in [-0.2, -0.15) is 0 Å². The van der Waals surface area contributed by atoms with Crippen LogP contribution in [-0.2, 0) is 7.05 Å². The molecule has 34 heavy (non-hydrogen) atoms. The molecule has 3 N–H and O–H groups in total. The third-order valence-electron chi connectivity index (χ3n) is 5.82. The first kappa shape index (κ1) is 23.2. The van der Waals surface area contributed by atoms with E-state index in [0.717, 1.165) is 48.3 Å². The highest BCUT2D eigenvalue weighted by Gasteiger charge is 2.15. The largest absolute Gasteiger partial charge is 0.372 e. The van der Waals surface area contributed by atoms with Gasteiger partial charge in [0.1, 0.15) is 5.82 Å². The molecule has 3 aromatic heterocycles. The van der Waals surface area contributed by atoms with Gasteiger partial charge in [-0.1, -0.05) is 13.8 Å². The molecule has 0 aliphatic carbocycles. The van der Waals surface area contributed by atoms with Crippen molar-refractivity contribution in [3.8, 4) is 11.3 Å².